The summed E-state index contributed by atoms with van der Waals surface area (Å²) in [5.74, 6) is 0. The quantitative estimate of drug-likeness (QED) is 0.531. The lowest BCUT2D eigenvalue weighted by molar-refractivity contribution is 0.524. The van der Waals surface area contributed by atoms with E-state index in [0.717, 1.165) is 0 Å². The molecule has 0 aromatic carbocycles. The van der Waals surface area contributed by atoms with Crippen LogP contribution in [-0.2, 0) is 0 Å². The van der Waals surface area contributed by atoms with Crippen LogP contribution < -0.4 is 11.5 Å². The number of hydrogen-bond acceptors (Lipinski definition) is 2. The van der Waals surface area contributed by atoms with Crippen molar-refractivity contribution in [2.45, 2.75) is 90.1 Å². The highest BCUT2D eigenvalue weighted by Crippen LogP contribution is 2.11. The van der Waals surface area contributed by atoms with Gasteiger partial charge in [-0.2, -0.15) is 0 Å². The molecule has 2 heteroatoms. The first-order valence-corrected chi connectivity index (χ1v) is 7.14. The molecule has 16 heavy (non-hydrogen) atoms. The zero-order chi connectivity index (χ0) is 12.2. The van der Waals surface area contributed by atoms with Gasteiger partial charge in [-0.15, -0.1) is 0 Å². The van der Waals surface area contributed by atoms with E-state index in [9.17, 15) is 0 Å². The van der Waals surface area contributed by atoms with Gasteiger partial charge in [0.2, 0.25) is 0 Å². The summed E-state index contributed by atoms with van der Waals surface area (Å²) >= 11 is 0. The topological polar surface area (TPSA) is 52.0 Å². The van der Waals surface area contributed by atoms with Crippen molar-refractivity contribution in [3.63, 3.8) is 0 Å². The molecule has 2 unspecified atom stereocenters. The van der Waals surface area contributed by atoms with Crippen LogP contribution in [0.3, 0.4) is 0 Å². The Morgan fingerprint density at radius 2 is 0.812 bits per heavy atom. The molecule has 0 rings (SSSR count). The molecule has 0 fully saturated rings. The van der Waals surface area contributed by atoms with E-state index in [1.807, 2.05) is 0 Å². The summed E-state index contributed by atoms with van der Waals surface area (Å²) < 4.78 is 0. The summed E-state index contributed by atoms with van der Waals surface area (Å²) in [6, 6.07) is 0.775. The fourth-order valence-electron chi connectivity index (χ4n) is 1.99. The highest BCUT2D eigenvalue weighted by molar-refractivity contribution is 4.55. The van der Waals surface area contributed by atoms with E-state index < -0.39 is 0 Å². The Morgan fingerprint density at radius 3 is 1.06 bits per heavy atom. The SMILES string of the molecule is CC(N)CCCCCCCCCCC(C)N. The molecule has 4 N–H and O–H groups in total. The molecule has 0 aromatic heterocycles. The zero-order valence-electron chi connectivity index (χ0n) is 11.4. The summed E-state index contributed by atoms with van der Waals surface area (Å²) in [6.07, 6.45) is 13.3. The van der Waals surface area contributed by atoms with Gasteiger partial charge in [-0.3, -0.25) is 0 Å². The van der Waals surface area contributed by atoms with Crippen LogP contribution in [0.2, 0.25) is 0 Å². The number of hydrogen-bond donors (Lipinski definition) is 2. The third kappa shape index (κ3) is 13.9. The number of rotatable bonds is 11. The van der Waals surface area contributed by atoms with Gasteiger partial charge in [-0.05, 0) is 26.7 Å². The van der Waals surface area contributed by atoms with Crippen molar-refractivity contribution in [1.82, 2.24) is 0 Å². The van der Waals surface area contributed by atoms with E-state index in [-0.39, 0.29) is 0 Å². The molecule has 0 bridgehead atoms. The van der Waals surface area contributed by atoms with Crippen LogP contribution in [-0.4, -0.2) is 12.1 Å². The highest BCUT2D eigenvalue weighted by atomic mass is 14.6. The molecule has 0 radical (unpaired) electrons. The molecule has 98 valence electrons. The van der Waals surface area contributed by atoms with Gasteiger partial charge >= 0.3 is 0 Å². The fraction of sp³-hybridized carbons (Fsp3) is 1.00. The molecule has 0 heterocycles. The minimum absolute atomic E-state index is 0.387. The van der Waals surface area contributed by atoms with Gasteiger partial charge in [0, 0.05) is 12.1 Å². The Kier molecular flexibility index (Phi) is 11.3. The van der Waals surface area contributed by atoms with Crippen molar-refractivity contribution in [1.29, 1.82) is 0 Å². The predicted molar refractivity (Wildman–Crippen MR) is 73.5 cm³/mol. The first kappa shape index (κ1) is 15.9. The van der Waals surface area contributed by atoms with Crippen LogP contribution in [0, 0.1) is 0 Å². The fourth-order valence-corrected chi connectivity index (χ4v) is 1.99. The Bertz CT molecular complexity index is 117. The van der Waals surface area contributed by atoms with Crippen LogP contribution in [0.1, 0.15) is 78.1 Å². The zero-order valence-corrected chi connectivity index (χ0v) is 11.4. The predicted octanol–water partition coefficient (Wildman–Crippen LogP) is 3.58. The number of unbranched alkanes of at least 4 members (excludes halogenated alkanes) is 7. The Morgan fingerprint density at radius 1 is 0.562 bits per heavy atom. The first-order valence-electron chi connectivity index (χ1n) is 7.14. The average molecular weight is 228 g/mol. The van der Waals surface area contributed by atoms with Crippen molar-refractivity contribution in [3.05, 3.63) is 0 Å². The number of nitrogens with two attached hydrogens (primary N) is 2. The maximum Gasteiger partial charge on any atom is 0.00104 e. The summed E-state index contributed by atoms with van der Waals surface area (Å²) in [4.78, 5) is 0. The molecule has 0 aliphatic rings. The largest absolute Gasteiger partial charge is 0.328 e. The molecule has 2 nitrogen and oxygen atoms in total. The molecule has 0 amide bonds. The van der Waals surface area contributed by atoms with Gasteiger partial charge in [-0.25, -0.2) is 0 Å². The van der Waals surface area contributed by atoms with Gasteiger partial charge in [0.05, 0.1) is 0 Å². The van der Waals surface area contributed by atoms with E-state index in [0.29, 0.717) is 12.1 Å². The van der Waals surface area contributed by atoms with E-state index in [2.05, 4.69) is 13.8 Å². The van der Waals surface area contributed by atoms with Crippen molar-refractivity contribution in [3.8, 4) is 0 Å². The molecule has 0 saturated heterocycles. The minimum Gasteiger partial charge on any atom is -0.328 e. The lowest BCUT2D eigenvalue weighted by atomic mass is 10.0. The van der Waals surface area contributed by atoms with E-state index in [4.69, 9.17) is 11.5 Å². The summed E-state index contributed by atoms with van der Waals surface area (Å²) in [7, 11) is 0. The summed E-state index contributed by atoms with van der Waals surface area (Å²) in [5, 5.41) is 0. The molecule has 2 atom stereocenters. The lowest BCUT2D eigenvalue weighted by Gasteiger charge is -2.05. The van der Waals surface area contributed by atoms with Crippen molar-refractivity contribution >= 4 is 0 Å². The van der Waals surface area contributed by atoms with Gasteiger partial charge in [0.25, 0.3) is 0 Å². The Labute approximate surface area is 102 Å². The summed E-state index contributed by atoms with van der Waals surface area (Å²) in [6.45, 7) is 4.19. The van der Waals surface area contributed by atoms with Gasteiger partial charge < -0.3 is 11.5 Å². The minimum atomic E-state index is 0.387. The van der Waals surface area contributed by atoms with Crippen LogP contribution >= 0.6 is 0 Å². The Hall–Kier alpha value is -0.0800. The van der Waals surface area contributed by atoms with Crippen LogP contribution in [0.4, 0.5) is 0 Å². The van der Waals surface area contributed by atoms with E-state index in [1.54, 1.807) is 0 Å². The molecule has 0 aliphatic heterocycles. The lowest BCUT2D eigenvalue weighted by Crippen LogP contribution is -2.13. The van der Waals surface area contributed by atoms with E-state index in [1.165, 1.54) is 64.2 Å². The molecule has 0 spiro atoms. The molecule has 0 aliphatic carbocycles. The monoisotopic (exact) mass is 228 g/mol. The van der Waals surface area contributed by atoms with Crippen molar-refractivity contribution in [2.24, 2.45) is 11.5 Å². The van der Waals surface area contributed by atoms with E-state index >= 15 is 0 Å². The van der Waals surface area contributed by atoms with Crippen molar-refractivity contribution in [2.75, 3.05) is 0 Å². The van der Waals surface area contributed by atoms with Crippen molar-refractivity contribution < 1.29 is 0 Å². The van der Waals surface area contributed by atoms with Crippen LogP contribution in [0.15, 0.2) is 0 Å². The average Bonchev–Trinajstić information content (AvgIpc) is 2.20. The molecular formula is C14H32N2. The maximum absolute atomic E-state index is 5.70. The maximum atomic E-state index is 5.70. The highest BCUT2D eigenvalue weighted by Gasteiger charge is 1.96. The summed E-state index contributed by atoms with van der Waals surface area (Å²) in [5.41, 5.74) is 11.4. The molecule has 0 aromatic rings. The normalized spacial score (nSPS) is 15.0. The second kappa shape index (κ2) is 11.4. The Balaban J connectivity index is 2.93. The molecule has 0 saturated carbocycles. The molecular weight excluding hydrogens is 196 g/mol. The third-order valence-corrected chi connectivity index (χ3v) is 3.07. The first-order chi connectivity index (χ1) is 7.63. The van der Waals surface area contributed by atoms with Crippen LogP contribution in [0.25, 0.3) is 0 Å². The smallest absolute Gasteiger partial charge is 0.00104 e. The van der Waals surface area contributed by atoms with Gasteiger partial charge in [0.1, 0.15) is 0 Å². The third-order valence-electron chi connectivity index (χ3n) is 3.07. The second-order valence-electron chi connectivity index (χ2n) is 5.36. The van der Waals surface area contributed by atoms with Gasteiger partial charge in [-0.1, -0.05) is 51.4 Å². The van der Waals surface area contributed by atoms with Gasteiger partial charge in [0.15, 0.2) is 0 Å². The van der Waals surface area contributed by atoms with Crippen LogP contribution in [0.5, 0.6) is 0 Å². The second-order valence-corrected chi connectivity index (χ2v) is 5.36. The standard InChI is InChI=1S/C14H32N2/c1-13(15)11-9-7-5-3-4-6-8-10-12-14(2)16/h13-14H,3-12,15-16H2,1-2H3.